The molecule has 3 N–H and O–H groups in total. The lowest BCUT2D eigenvalue weighted by Gasteiger charge is -2.28. The molecule has 2 rings (SSSR count). The van der Waals surface area contributed by atoms with Crippen LogP contribution in [0, 0.1) is 5.92 Å². The molecule has 1 amide bonds. The molecule has 0 bridgehead atoms. The maximum atomic E-state index is 12.2. The second kappa shape index (κ2) is 6.58. The van der Waals surface area contributed by atoms with E-state index >= 15 is 0 Å². The first-order valence-electron chi connectivity index (χ1n) is 7.31. The van der Waals surface area contributed by atoms with Gasteiger partial charge in [0.1, 0.15) is 0 Å². The third-order valence-corrected chi connectivity index (χ3v) is 5.05. The molecular weight excluding hydrogens is 288 g/mol. The first-order chi connectivity index (χ1) is 9.88. The number of nitrogens with two attached hydrogens (primary N) is 1. The molecule has 0 saturated heterocycles. The molecule has 1 aliphatic carbocycles. The van der Waals surface area contributed by atoms with Crippen molar-refractivity contribution in [1.29, 1.82) is 0 Å². The third kappa shape index (κ3) is 4.28. The maximum Gasteiger partial charge on any atom is 0.251 e. The lowest BCUT2D eigenvalue weighted by atomic mass is 9.84. The number of sulfonamides is 1. The summed E-state index contributed by atoms with van der Waals surface area (Å²) in [5.74, 6) is 0.252. The Balaban J connectivity index is 2.06. The van der Waals surface area contributed by atoms with Crippen LogP contribution in [0.1, 0.15) is 49.4 Å². The fourth-order valence-corrected chi connectivity index (χ4v) is 3.42. The summed E-state index contributed by atoms with van der Waals surface area (Å²) < 4.78 is 22.6. The number of primary sulfonamides is 1. The van der Waals surface area contributed by atoms with E-state index in [9.17, 15) is 13.2 Å². The molecule has 0 heterocycles. The highest BCUT2D eigenvalue weighted by atomic mass is 32.2. The van der Waals surface area contributed by atoms with Crippen LogP contribution < -0.4 is 10.5 Å². The fraction of sp³-hybridized carbons (Fsp3) is 0.533. The van der Waals surface area contributed by atoms with Gasteiger partial charge < -0.3 is 5.32 Å². The second-order valence-corrected chi connectivity index (χ2v) is 7.29. The van der Waals surface area contributed by atoms with Gasteiger partial charge in [0.2, 0.25) is 10.0 Å². The molecule has 0 spiro atoms. The van der Waals surface area contributed by atoms with Crippen molar-refractivity contribution in [1.82, 2.24) is 5.32 Å². The molecule has 1 unspecified atom stereocenters. The van der Waals surface area contributed by atoms with Crippen molar-refractivity contribution in [2.24, 2.45) is 11.1 Å². The molecule has 1 saturated carbocycles. The van der Waals surface area contributed by atoms with E-state index < -0.39 is 10.0 Å². The van der Waals surface area contributed by atoms with Gasteiger partial charge >= 0.3 is 0 Å². The van der Waals surface area contributed by atoms with E-state index in [-0.39, 0.29) is 16.8 Å². The van der Waals surface area contributed by atoms with Gasteiger partial charge in [0, 0.05) is 11.6 Å². The smallest absolute Gasteiger partial charge is 0.251 e. The van der Waals surface area contributed by atoms with Crippen molar-refractivity contribution in [3.63, 3.8) is 0 Å². The summed E-state index contributed by atoms with van der Waals surface area (Å²) in [4.78, 5) is 12.2. The van der Waals surface area contributed by atoms with E-state index in [1.54, 1.807) is 6.07 Å². The molecule has 21 heavy (non-hydrogen) atoms. The minimum Gasteiger partial charge on any atom is -0.349 e. The van der Waals surface area contributed by atoms with E-state index in [1.165, 1.54) is 37.5 Å². The van der Waals surface area contributed by atoms with Gasteiger partial charge in [-0.2, -0.15) is 0 Å². The minimum atomic E-state index is -3.79. The SMILES string of the molecule is CC(NC(=O)c1cccc(S(N)(=O)=O)c1)C1CCCCC1. The number of carbonyl (C=O) groups excluding carboxylic acids is 1. The van der Waals surface area contributed by atoms with Crippen molar-refractivity contribution in [2.75, 3.05) is 0 Å². The van der Waals surface area contributed by atoms with Crippen LogP contribution in [0.4, 0.5) is 0 Å². The maximum absolute atomic E-state index is 12.2. The normalized spacial score (nSPS) is 18.2. The minimum absolute atomic E-state index is 0.0412. The van der Waals surface area contributed by atoms with Crippen LogP contribution >= 0.6 is 0 Å². The zero-order valence-electron chi connectivity index (χ0n) is 12.2. The fourth-order valence-electron chi connectivity index (χ4n) is 2.86. The molecule has 5 nitrogen and oxygen atoms in total. The van der Waals surface area contributed by atoms with Crippen LogP contribution in [0.5, 0.6) is 0 Å². The van der Waals surface area contributed by atoms with Crippen LogP contribution in [-0.4, -0.2) is 20.4 Å². The standard InChI is InChI=1S/C15H22N2O3S/c1-11(12-6-3-2-4-7-12)17-15(18)13-8-5-9-14(10-13)21(16,19)20/h5,8-12H,2-4,6-7H2,1H3,(H,17,18)(H2,16,19,20). The summed E-state index contributed by atoms with van der Waals surface area (Å²) in [6.45, 7) is 2.01. The molecule has 116 valence electrons. The Bertz CT molecular complexity index is 607. The summed E-state index contributed by atoms with van der Waals surface area (Å²) in [5, 5.41) is 8.05. The predicted molar refractivity (Wildman–Crippen MR) is 81.3 cm³/mol. The molecular formula is C15H22N2O3S. The number of carbonyl (C=O) groups is 1. The molecule has 6 heteroatoms. The molecule has 1 aromatic carbocycles. The Kier molecular flexibility index (Phi) is 5.00. The summed E-state index contributed by atoms with van der Waals surface area (Å²) in [6.07, 6.45) is 5.97. The monoisotopic (exact) mass is 310 g/mol. The molecule has 1 aromatic rings. The predicted octanol–water partition coefficient (Wildman–Crippen LogP) is 2.03. The third-order valence-electron chi connectivity index (χ3n) is 4.14. The van der Waals surface area contributed by atoms with E-state index in [1.807, 2.05) is 6.92 Å². The summed E-state index contributed by atoms with van der Waals surface area (Å²) in [5.41, 5.74) is 0.323. The Hall–Kier alpha value is -1.40. The van der Waals surface area contributed by atoms with Gasteiger partial charge in [-0.1, -0.05) is 25.3 Å². The number of hydrogen-bond donors (Lipinski definition) is 2. The van der Waals surface area contributed by atoms with Crippen molar-refractivity contribution >= 4 is 15.9 Å². The number of hydrogen-bond acceptors (Lipinski definition) is 3. The summed E-state index contributed by atoms with van der Waals surface area (Å²) >= 11 is 0. The van der Waals surface area contributed by atoms with E-state index in [2.05, 4.69) is 5.32 Å². The Morgan fingerprint density at radius 2 is 1.95 bits per heavy atom. The van der Waals surface area contributed by atoms with Gasteiger partial charge in [0.15, 0.2) is 0 Å². The lowest BCUT2D eigenvalue weighted by molar-refractivity contribution is 0.0919. The van der Waals surface area contributed by atoms with Crippen LogP contribution in [0.15, 0.2) is 29.2 Å². The lowest BCUT2D eigenvalue weighted by Crippen LogP contribution is -2.38. The van der Waals surface area contributed by atoms with Gasteiger partial charge in [-0.05, 0) is 43.9 Å². The van der Waals surface area contributed by atoms with Crippen molar-refractivity contribution in [3.8, 4) is 0 Å². The van der Waals surface area contributed by atoms with Gasteiger partial charge in [-0.25, -0.2) is 13.6 Å². The highest BCUT2D eigenvalue weighted by Crippen LogP contribution is 2.26. The molecule has 1 fully saturated rings. The topological polar surface area (TPSA) is 89.3 Å². The highest BCUT2D eigenvalue weighted by molar-refractivity contribution is 7.89. The van der Waals surface area contributed by atoms with Crippen molar-refractivity contribution in [2.45, 2.75) is 50.0 Å². The largest absolute Gasteiger partial charge is 0.349 e. The Morgan fingerprint density at radius 3 is 2.57 bits per heavy atom. The van der Waals surface area contributed by atoms with E-state index in [0.717, 1.165) is 12.8 Å². The number of rotatable bonds is 4. The van der Waals surface area contributed by atoms with Crippen LogP contribution in [0.3, 0.4) is 0 Å². The van der Waals surface area contributed by atoms with E-state index in [0.29, 0.717) is 11.5 Å². The molecule has 1 atom stereocenters. The molecule has 0 aromatic heterocycles. The van der Waals surface area contributed by atoms with Gasteiger partial charge in [-0.3, -0.25) is 4.79 Å². The van der Waals surface area contributed by atoms with E-state index in [4.69, 9.17) is 5.14 Å². The van der Waals surface area contributed by atoms with Gasteiger partial charge in [-0.15, -0.1) is 0 Å². The van der Waals surface area contributed by atoms with Gasteiger partial charge in [0.25, 0.3) is 5.91 Å². The first-order valence-corrected chi connectivity index (χ1v) is 8.86. The quantitative estimate of drug-likeness (QED) is 0.891. The zero-order valence-corrected chi connectivity index (χ0v) is 13.0. The molecule has 0 aliphatic heterocycles. The van der Waals surface area contributed by atoms with Crippen LogP contribution in [0.2, 0.25) is 0 Å². The average Bonchev–Trinajstić information content (AvgIpc) is 2.47. The second-order valence-electron chi connectivity index (χ2n) is 5.73. The Labute approximate surface area is 126 Å². The summed E-state index contributed by atoms with van der Waals surface area (Å²) in [6, 6.07) is 5.92. The molecule has 1 aliphatic rings. The van der Waals surface area contributed by atoms with Crippen LogP contribution in [0.25, 0.3) is 0 Å². The first kappa shape index (κ1) is 16.0. The summed E-state index contributed by atoms with van der Waals surface area (Å²) in [7, 11) is -3.79. The number of benzene rings is 1. The van der Waals surface area contributed by atoms with Gasteiger partial charge in [0.05, 0.1) is 4.90 Å². The average molecular weight is 310 g/mol. The number of nitrogens with one attached hydrogen (secondary N) is 1. The molecule has 0 radical (unpaired) electrons. The number of amides is 1. The highest BCUT2D eigenvalue weighted by Gasteiger charge is 2.22. The van der Waals surface area contributed by atoms with Crippen molar-refractivity contribution < 1.29 is 13.2 Å². The van der Waals surface area contributed by atoms with Crippen LogP contribution in [-0.2, 0) is 10.0 Å². The Morgan fingerprint density at radius 1 is 1.29 bits per heavy atom. The zero-order chi connectivity index (χ0) is 15.5. The van der Waals surface area contributed by atoms with Crippen molar-refractivity contribution in [3.05, 3.63) is 29.8 Å².